The second-order valence-electron chi connectivity index (χ2n) is 9.78. The van der Waals surface area contributed by atoms with Crippen LogP contribution in [0.5, 0.6) is 0 Å². The Morgan fingerprint density at radius 1 is 1.17 bits per heavy atom. The molecule has 1 saturated heterocycles. The van der Waals surface area contributed by atoms with Crippen LogP contribution in [0.4, 0.5) is 36.3 Å². The number of morpholine rings is 1. The minimum absolute atomic E-state index is 0.0556. The van der Waals surface area contributed by atoms with Gasteiger partial charge in [0.2, 0.25) is 5.91 Å². The maximum atomic E-state index is 13.9. The lowest BCUT2D eigenvalue weighted by Crippen LogP contribution is -2.45. The Balaban J connectivity index is 1.55. The van der Waals surface area contributed by atoms with Crippen molar-refractivity contribution in [2.75, 3.05) is 34.8 Å². The van der Waals surface area contributed by atoms with Crippen molar-refractivity contribution < 1.29 is 27.8 Å². The Kier molecular flexibility index (Phi) is 6.27. The van der Waals surface area contributed by atoms with Crippen molar-refractivity contribution in [3.05, 3.63) is 29.7 Å². The number of hydrogen-bond acceptors (Lipinski definition) is 8. The van der Waals surface area contributed by atoms with Crippen molar-refractivity contribution in [1.82, 2.24) is 15.0 Å². The summed E-state index contributed by atoms with van der Waals surface area (Å²) >= 11 is 0. The van der Waals surface area contributed by atoms with Crippen LogP contribution in [0.15, 0.2) is 18.3 Å². The molecule has 194 valence electrons. The molecule has 2 atom stereocenters. The lowest BCUT2D eigenvalue weighted by atomic mass is 9.80. The molecule has 0 aromatic carbocycles. The first-order valence-electron chi connectivity index (χ1n) is 12.2. The summed E-state index contributed by atoms with van der Waals surface area (Å²) in [6.45, 7) is 3.49. The Morgan fingerprint density at radius 2 is 1.86 bits per heavy atom. The number of hydrogen-bond donors (Lipinski definition) is 2. The highest BCUT2D eigenvalue weighted by Crippen LogP contribution is 2.55. The number of pyridine rings is 1. The van der Waals surface area contributed by atoms with Crippen LogP contribution in [-0.4, -0.2) is 64.0 Å². The van der Waals surface area contributed by atoms with Crippen LogP contribution >= 0.6 is 0 Å². The van der Waals surface area contributed by atoms with E-state index in [4.69, 9.17) is 4.74 Å². The van der Waals surface area contributed by atoms with Crippen LogP contribution in [0.1, 0.15) is 50.9 Å². The van der Waals surface area contributed by atoms with Gasteiger partial charge in [-0.25, -0.2) is 15.0 Å². The summed E-state index contributed by atoms with van der Waals surface area (Å²) in [6, 6.07) is 3.59. The third kappa shape index (κ3) is 4.36. The minimum atomic E-state index is -4.48. The van der Waals surface area contributed by atoms with E-state index in [1.165, 1.54) is 4.90 Å². The summed E-state index contributed by atoms with van der Waals surface area (Å²) in [5, 5.41) is 12.1. The fourth-order valence-corrected chi connectivity index (χ4v) is 5.64. The van der Waals surface area contributed by atoms with E-state index in [2.05, 4.69) is 25.2 Å². The molecule has 2 aliphatic heterocycles. The number of aromatic nitrogens is 3. The van der Waals surface area contributed by atoms with E-state index in [1.54, 1.807) is 12.3 Å². The summed E-state index contributed by atoms with van der Waals surface area (Å²) in [4.78, 5) is 30.6. The normalized spacial score (nSPS) is 23.4. The second kappa shape index (κ2) is 9.15. The molecule has 5 rings (SSSR count). The third-order valence-electron chi connectivity index (χ3n) is 7.03. The quantitative estimate of drug-likeness (QED) is 0.636. The molecular formula is C24H29F3N6O3. The maximum Gasteiger partial charge on any atom is 0.405 e. The first-order valence-corrected chi connectivity index (χ1v) is 12.2. The number of ether oxygens (including phenoxy) is 1. The van der Waals surface area contributed by atoms with E-state index in [9.17, 15) is 23.1 Å². The number of carbonyl (C=O) groups is 1. The fourth-order valence-electron chi connectivity index (χ4n) is 5.64. The van der Waals surface area contributed by atoms with Crippen LogP contribution in [0.25, 0.3) is 0 Å². The molecule has 0 bridgehead atoms. The zero-order valence-electron chi connectivity index (χ0n) is 20.2. The molecule has 9 nitrogen and oxygen atoms in total. The SMILES string of the molecule is C[C@@H]1CN(c2ccc(N3C(=O)C4(CCCC4)c4c(NCC(F)(F)F)nc(CO)nc43)cn2)C[C@H](C)O1. The van der Waals surface area contributed by atoms with Crippen molar-refractivity contribution >= 4 is 29.0 Å². The molecule has 2 aromatic heterocycles. The molecule has 4 heterocycles. The zero-order valence-corrected chi connectivity index (χ0v) is 20.2. The number of fused-ring (bicyclic) bond motifs is 2. The highest BCUT2D eigenvalue weighted by molar-refractivity contribution is 6.13. The number of carbonyl (C=O) groups excluding carboxylic acids is 1. The van der Waals surface area contributed by atoms with Gasteiger partial charge in [-0.05, 0) is 38.8 Å². The average Bonchev–Trinajstić information content (AvgIpc) is 3.41. The van der Waals surface area contributed by atoms with Crippen LogP contribution in [0.3, 0.4) is 0 Å². The summed E-state index contributed by atoms with van der Waals surface area (Å²) < 4.78 is 44.9. The lowest BCUT2D eigenvalue weighted by molar-refractivity contribution is -0.122. The fraction of sp³-hybridized carbons (Fsp3) is 0.583. The zero-order chi connectivity index (χ0) is 25.7. The van der Waals surface area contributed by atoms with Gasteiger partial charge < -0.3 is 20.1 Å². The van der Waals surface area contributed by atoms with Gasteiger partial charge in [-0.1, -0.05) is 12.8 Å². The van der Waals surface area contributed by atoms with Gasteiger partial charge in [-0.15, -0.1) is 0 Å². The molecule has 1 amide bonds. The molecule has 0 unspecified atom stereocenters. The number of amides is 1. The van der Waals surface area contributed by atoms with Gasteiger partial charge >= 0.3 is 6.18 Å². The first kappa shape index (κ1) is 24.7. The van der Waals surface area contributed by atoms with E-state index in [-0.39, 0.29) is 35.6 Å². The number of rotatable bonds is 5. The molecule has 2 fully saturated rings. The molecule has 36 heavy (non-hydrogen) atoms. The molecule has 2 N–H and O–H groups in total. The monoisotopic (exact) mass is 506 g/mol. The van der Waals surface area contributed by atoms with Crippen LogP contribution in [0.2, 0.25) is 0 Å². The highest BCUT2D eigenvalue weighted by Gasteiger charge is 2.55. The Hall–Kier alpha value is -2.99. The molecule has 1 saturated carbocycles. The van der Waals surface area contributed by atoms with E-state index >= 15 is 0 Å². The Labute approximate surface area is 206 Å². The number of halogens is 3. The molecule has 1 spiro atoms. The van der Waals surface area contributed by atoms with Crippen molar-refractivity contribution in [3.8, 4) is 0 Å². The van der Waals surface area contributed by atoms with E-state index < -0.39 is 24.7 Å². The van der Waals surface area contributed by atoms with Crippen molar-refractivity contribution in [3.63, 3.8) is 0 Å². The summed E-state index contributed by atoms with van der Waals surface area (Å²) in [6.07, 6.45) is -0.259. The minimum Gasteiger partial charge on any atom is -0.388 e. The standard InChI is InChI=1S/C24H29F3N6O3/c1-14-10-32(11-15(2)36-14)18-6-5-16(9-28-18)33-21-19(23(22(33)35)7-3-4-8-23)20(29-13-24(25,26)27)30-17(12-34)31-21/h5-6,9,14-15,34H,3-4,7-8,10-13H2,1-2H3,(H,29,30,31)/t14-,15+. The second-order valence-corrected chi connectivity index (χ2v) is 9.78. The van der Waals surface area contributed by atoms with Crippen molar-refractivity contribution in [1.29, 1.82) is 0 Å². The smallest absolute Gasteiger partial charge is 0.388 e. The third-order valence-corrected chi connectivity index (χ3v) is 7.03. The van der Waals surface area contributed by atoms with Gasteiger partial charge in [0.15, 0.2) is 5.82 Å². The predicted molar refractivity (Wildman–Crippen MR) is 126 cm³/mol. The number of aliphatic hydroxyl groups is 1. The molecular weight excluding hydrogens is 477 g/mol. The van der Waals surface area contributed by atoms with Crippen LogP contribution < -0.4 is 15.1 Å². The first-order chi connectivity index (χ1) is 17.1. The van der Waals surface area contributed by atoms with Gasteiger partial charge in [-0.3, -0.25) is 9.69 Å². The predicted octanol–water partition coefficient (Wildman–Crippen LogP) is 3.44. The van der Waals surface area contributed by atoms with Gasteiger partial charge in [0.1, 0.15) is 30.6 Å². The van der Waals surface area contributed by atoms with E-state index in [1.807, 2.05) is 19.9 Å². The van der Waals surface area contributed by atoms with Gasteiger partial charge in [0, 0.05) is 13.1 Å². The van der Waals surface area contributed by atoms with Gasteiger partial charge in [0.25, 0.3) is 0 Å². The van der Waals surface area contributed by atoms with Crippen molar-refractivity contribution in [2.24, 2.45) is 0 Å². The molecule has 3 aliphatic rings. The summed E-state index contributed by atoms with van der Waals surface area (Å²) in [5.74, 6) is 0.577. The highest BCUT2D eigenvalue weighted by atomic mass is 19.4. The lowest BCUT2D eigenvalue weighted by Gasteiger charge is -2.36. The van der Waals surface area contributed by atoms with Crippen LogP contribution in [0, 0.1) is 0 Å². The van der Waals surface area contributed by atoms with Crippen molar-refractivity contribution in [2.45, 2.75) is 69.9 Å². The van der Waals surface area contributed by atoms with E-state index in [0.717, 1.165) is 18.7 Å². The number of alkyl halides is 3. The Bertz CT molecular complexity index is 1130. The number of aliphatic hydroxyl groups excluding tert-OH is 1. The van der Waals surface area contributed by atoms with Gasteiger partial charge in [0.05, 0.1) is 35.1 Å². The molecule has 0 radical (unpaired) electrons. The van der Waals surface area contributed by atoms with Crippen LogP contribution in [-0.2, 0) is 21.6 Å². The molecule has 2 aromatic rings. The number of anilines is 4. The number of nitrogens with zero attached hydrogens (tertiary/aromatic N) is 5. The van der Waals surface area contributed by atoms with E-state index in [0.29, 0.717) is 37.2 Å². The summed E-state index contributed by atoms with van der Waals surface area (Å²) in [7, 11) is 0. The number of nitrogens with one attached hydrogen (secondary N) is 1. The molecule has 1 aliphatic carbocycles. The average molecular weight is 507 g/mol. The maximum absolute atomic E-state index is 13.9. The summed E-state index contributed by atoms with van der Waals surface area (Å²) in [5.41, 5.74) is -0.177. The Morgan fingerprint density at radius 3 is 2.44 bits per heavy atom. The largest absolute Gasteiger partial charge is 0.405 e. The van der Waals surface area contributed by atoms with Gasteiger partial charge in [-0.2, -0.15) is 13.2 Å². The molecule has 12 heteroatoms. The topological polar surface area (TPSA) is 104 Å².